The molecule has 0 aromatic heterocycles. The standard InChI is InChI=1S/C17H32O2.C8H12O4/c1-5-9-10-13-15(11-6-2)14-16(12-7-3)19-17(18)8-4;9-7(10)5-3-1-2-4-6(5)8(11)12/h8,15-16H,4-7,9-14H2,1-3H3;5-6H,1-4H2,(H,9,10)(H,11,12). The second-order valence-electron chi connectivity index (χ2n) is 8.61. The minimum Gasteiger partial charge on any atom is -0.481 e. The third-order valence-electron chi connectivity index (χ3n) is 5.97. The Morgan fingerprint density at radius 1 is 0.903 bits per heavy atom. The van der Waals surface area contributed by atoms with Crippen molar-refractivity contribution in [3.8, 4) is 0 Å². The van der Waals surface area contributed by atoms with Gasteiger partial charge >= 0.3 is 17.9 Å². The maximum atomic E-state index is 11.4. The monoisotopic (exact) mass is 440 g/mol. The lowest BCUT2D eigenvalue weighted by Crippen LogP contribution is -2.32. The van der Waals surface area contributed by atoms with Gasteiger partial charge in [-0.2, -0.15) is 0 Å². The zero-order valence-electron chi connectivity index (χ0n) is 19.8. The molecule has 1 saturated carbocycles. The molecule has 6 heteroatoms. The molecule has 1 aliphatic carbocycles. The summed E-state index contributed by atoms with van der Waals surface area (Å²) in [6.07, 6.45) is 14.7. The zero-order valence-corrected chi connectivity index (χ0v) is 19.8. The molecule has 6 nitrogen and oxygen atoms in total. The lowest BCUT2D eigenvalue weighted by atomic mass is 9.79. The van der Waals surface area contributed by atoms with Crippen molar-refractivity contribution in [1.29, 1.82) is 0 Å². The fraction of sp³-hybridized carbons (Fsp3) is 0.800. The van der Waals surface area contributed by atoms with E-state index in [0.29, 0.717) is 18.8 Å². The molecule has 0 bridgehead atoms. The van der Waals surface area contributed by atoms with Crippen molar-refractivity contribution in [2.75, 3.05) is 0 Å². The van der Waals surface area contributed by atoms with Crippen LogP contribution in [0.1, 0.15) is 104 Å². The number of carboxylic acid groups (broad SMARTS) is 2. The summed E-state index contributed by atoms with van der Waals surface area (Å²) in [5, 5.41) is 17.4. The van der Waals surface area contributed by atoms with E-state index in [1.807, 2.05) is 0 Å². The van der Waals surface area contributed by atoms with Crippen LogP contribution in [-0.4, -0.2) is 34.2 Å². The summed E-state index contributed by atoms with van der Waals surface area (Å²) in [6.45, 7) is 10.1. The average molecular weight is 441 g/mol. The Morgan fingerprint density at radius 3 is 1.87 bits per heavy atom. The highest BCUT2D eigenvalue weighted by Crippen LogP contribution is 2.30. The quantitative estimate of drug-likeness (QED) is 0.188. The van der Waals surface area contributed by atoms with E-state index in [4.69, 9.17) is 14.9 Å². The lowest BCUT2D eigenvalue weighted by molar-refractivity contribution is -0.155. The minimum atomic E-state index is -0.970. The van der Waals surface area contributed by atoms with Gasteiger partial charge in [-0.3, -0.25) is 9.59 Å². The normalized spacial score (nSPS) is 20.0. The maximum absolute atomic E-state index is 11.4. The molecule has 0 aromatic rings. The van der Waals surface area contributed by atoms with Gasteiger partial charge in [0.1, 0.15) is 6.10 Å². The predicted octanol–water partition coefficient (Wildman–Crippen LogP) is 6.23. The van der Waals surface area contributed by atoms with Crippen LogP contribution in [0.3, 0.4) is 0 Å². The molecule has 0 spiro atoms. The molecule has 0 saturated heterocycles. The summed E-state index contributed by atoms with van der Waals surface area (Å²) in [5.74, 6) is -2.86. The second-order valence-corrected chi connectivity index (χ2v) is 8.61. The van der Waals surface area contributed by atoms with Gasteiger partial charge in [0, 0.05) is 6.08 Å². The fourth-order valence-electron chi connectivity index (χ4n) is 4.32. The molecule has 4 unspecified atom stereocenters. The number of unbranched alkanes of at least 4 members (excludes halogenated alkanes) is 2. The van der Waals surface area contributed by atoms with Crippen LogP contribution in [0, 0.1) is 17.8 Å². The van der Waals surface area contributed by atoms with Crippen LogP contribution in [0.4, 0.5) is 0 Å². The van der Waals surface area contributed by atoms with Crippen molar-refractivity contribution < 1.29 is 29.3 Å². The number of aliphatic carboxylic acids is 2. The molecule has 0 radical (unpaired) electrons. The first kappa shape index (κ1) is 29.1. The SMILES string of the molecule is C=CC(=O)OC(CCC)CC(CCC)CCCCC.O=C(O)C1CCCCC1C(=O)O. The molecular formula is C25H44O6. The highest BCUT2D eigenvalue weighted by molar-refractivity contribution is 5.81. The summed E-state index contributed by atoms with van der Waals surface area (Å²) >= 11 is 0. The van der Waals surface area contributed by atoms with E-state index >= 15 is 0 Å². The van der Waals surface area contributed by atoms with Gasteiger partial charge in [-0.1, -0.05) is 85.1 Å². The number of carboxylic acids is 2. The van der Waals surface area contributed by atoms with Crippen LogP contribution in [-0.2, 0) is 19.1 Å². The van der Waals surface area contributed by atoms with E-state index in [2.05, 4.69) is 27.4 Å². The molecule has 0 aliphatic heterocycles. The summed E-state index contributed by atoms with van der Waals surface area (Å²) in [6, 6.07) is 0. The van der Waals surface area contributed by atoms with Gasteiger partial charge in [0.15, 0.2) is 0 Å². The van der Waals surface area contributed by atoms with Crippen molar-refractivity contribution in [2.45, 2.75) is 110 Å². The summed E-state index contributed by atoms with van der Waals surface area (Å²) < 4.78 is 5.47. The van der Waals surface area contributed by atoms with E-state index in [1.165, 1.54) is 44.6 Å². The van der Waals surface area contributed by atoms with Crippen molar-refractivity contribution >= 4 is 17.9 Å². The number of hydrogen-bond acceptors (Lipinski definition) is 4. The molecule has 1 fully saturated rings. The van der Waals surface area contributed by atoms with E-state index in [1.54, 1.807) is 0 Å². The Morgan fingerprint density at radius 2 is 1.45 bits per heavy atom. The first-order chi connectivity index (χ1) is 14.8. The highest BCUT2D eigenvalue weighted by atomic mass is 16.5. The van der Waals surface area contributed by atoms with Gasteiger partial charge in [0.25, 0.3) is 0 Å². The van der Waals surface area contributed by atoms with Gasteiger partial charge < -0.3 is 14.9 Å². The van der Waals surface area contributed by atoms with Gasteiger partial charge in [-0.05, 0) is 31.6 Å². The van der Waals surface area contributed by atoms with E-state index in [-0.39, 0.29) is 12.1 Å². The van der Waals surface area contributed by atoms with Crippen LogP contribution in [0.25, 0.3) is 0 Å². The molecule has 31 heavy (non-hydrogen) atoms. The van der Waals surface area contributed by atoms with Gasteiger partial charge in [-0.25, -0.2) is 4.79 Å². The number of rotatable bonds is 14. The number of hydrogen-bond donors (Lipinski definition) is 2. The number of carbonyl (C=O) groups excluding carboxylic acids is 1. The second kappa shape index (κ2) is 17.8. The predicted molar refractivity (Wildman–Crippen MR) is 123 cm³/mol. The van der Waals surface area contributed by atoms with Crippen molar-refractivity contribution in [3.05, 3.63) is 12.7 Å². The summed E-state index contributed by atoms with van der Waals surface area (Å²) in [7, 11) is 0. The Kier molecular flexibility index (Phi) is 16.7. The summed E-state index contributed by atoms with van der Waals surface area (Å²) in [5.41, 5.74) is 0. The number of carbonyl (C=O) groups is 3. The largest absolute Gasteiger partial charge is 0.481 e. The molecule has 0 heterocycles. The molecular weight excluding hydrogens is 396 g/mol. The molecule has 1 aliphatic rings. The van der Waals surface area contributed by atoms with Crippen molar-refractivity contribution in [3.63, 3.8) is 0 Å². The fourth-order valence-corrected chi connectivity index (χ4v) is 4.32. The van der Waals surface area contributed by atoms with Crippen LogP contribution in [0.5, 0.6) is 0 Å². The molecule has 2 N–H and O–H groups in total. The molecule has 1 rings (SSSR count). The van der Waals surface area contributed by atoms with Crippen molar-refractivity contribution in [1.82, 2.24) is 0 Å². The highest BCUT2D eigenvalue weighted by Gasteiger charge is 2.35. The van der Waals surface area contributed by atoms with Gasteiger partial charge in [0.2, 0.25) is 0 Å². The van der Waals surface area contributed by atoms with Gasteiger partial charge in [0.05, 0.1) is 11.8 Å². The Hall–Kier alpha value is -1.85. The van der Waals surface area contributed by atoms with Crippen molar-refractivity contribution in [2.24, 2.45) is 17.8 Å². The first-order valence-electron chi connectivity index (χ1n) is 12.1. The molecule has 0 amide bonds. The maximum Gasteiger partial charge on any atom is 0.330 e. The topological polar surface area (TPSA) is 101 Å². The third kappa shape index (κ3) is 13.2. The van der Waals surface area contributed by atoms with E-state index < -0.39 is 23.8 Å². The lowest BCUT2D eigenvalue weighted by Gasteiger charge is -2.24. The smallest absolute Gasteiger partial charge is 0.330 e. The third-order valence-corrected chi connectivity index (χ3v) is 5.97. The molecule has 4 atom stereocenters. The van der Waals surface area contributed by atoms with E-state index in [0.717, 1.165) is 32.1 Å². The van der Waals surface area contributed by atoms with Gasteiger partial charge in [-0.15, -0.1) is 0 Å². The van der Waals surface area contributed by atoms with Crippen LogP contribution in [0.2, 0.25) is 0 Å². The molecule has 0 aromatic carbocycles. The summed E-state index contributed by atoms with van der Waals surface area (Å²) in [4.78, 5) is 32.6. The average Bonchev–Trinajstić information content (AvgIpc) is 2.74. The first-order valence-corrected chi connectivity index (χ1v) is 12.1. The zero-order chi connectivity index (χ0) is 23.6. The number of ether oxygens (including phenoxy) is 1. The van der Waals surface area contributed by atoms with Crippen LogP contribution < -0.4 is 0 Å². The van der Waals surface area contributed by atoms with E-state index in [9.17, 15) is 14.4 Å². The Labute approximate surface area is 188 Å². The number of esters is 1. The Balaban J connectivity index is 0.000000639. The Bertz CT molecular complexity index is 508. The molecule has 180 valence electrons. The minimum absolute atomic E-state index is 0.0775. The van der Waals surface area contributed by atoms with Crippen LogP contribution in [0.15, 0.2) is 12.7 Å². The van der Waals surface area contributed by atoms with Crippen LogP contribution >= 0.6 is 0 Å².